The number of ketones is 2. The second kappa shape index (κ2) is 5.00. The first kappa shape index (κ1) is 13.3. The zero-order valence-electron chi connectivity index (χ0n) is 11.0. The molecule has 2 N–H and O–H groups in total. The van der Waals surface area contributed by atoms with E-state index in [-0.39, 0.29) is 22.9 Å². The van der Waals surface area contributed by atoms with Crippen LogP contribution in [0.5, 0.6) is 5.75 Å². The zero-order valence-corrected chi connectivity index (χ0v) is 11.0. The number of hydrogen-bond donors (Lipinski definition) is 2. The third-order valence-electron chi connectivity index (χ3n) is 3.49. The summed E-state index contributed by atoms with van der Waals surface area (Å²) in [5.41, 5.74) is 1.14. The normalized spacial score (nSPS) is 15.4. The van der Waals surface area contributed by atoms with Gasteiger partial charge in [0.05, 0.1) is 0 Å². The van der Waals surface area contributed by atoms with Crippen molar-refractivity contribution in [2.75, 3.05) is 0 Å². The molecule has 0 saturated carbocycles. The number of aromatic hydroxyl groups is 1. The summed E-state index contributed by atoms with van der Waals surface area (Å²) in [7, 11) is 0. The van der Waals surface area contributed by atoms with Crippen LogP contribution >= 0.6 is 0 Å². The first-order valence-corrected chi connectivity index (χ1v) is 6.44. The van der Waals surface area contributed by atoms with Crippen LogP contribution < -0.4 is 0 Å². The van der Waals surface area contributed by atoms with E-state index in [1.54, 1.807) is 24.3 Å². The van der Waals surface area contributed by atoms with Crippen molar-refractivity contribution < 1.29 is 19.8 Å². The minimum absolute atomic E-state index is 0.0457. The predicted molar refractivity (Wildman–Crippen MR) is 76.3 cm³/mol. The van der Waals surface area contributed by atoms with E-state index < -0.39 is 6.10 Å². The molecule has 1 atom stereocenters. The van der Waals surface area contributed by atoms with Crippen LogP contribution in [0.2, 0.25) is 0 Å². The number of phenols is 1. The van der Waals surface area contributed by atoms with Gasteiger partial charge in [0.25, 0.3) is 0 Å². The lowest BCUT2D eigenvalue weighted by Crippen LogP contribution is -2.21. The van der Waals surface area contributed by atoms with Gasteiger partial charge in [0.2, 0.25) is 0 Å². The average molecular weight is 280 g/mol. The number of aliphatic hydroxyl groups is 1. The molecule has 0 radical (unpaired) electrons. The Kier molecular flexibility index (Phi) is 3.16. The Morgan fingerprint density at radius 2 is 1.48 bits per heavy atom. The standard InChI is InChI=1S/C17H12O4/c18-11-7-5-10(6-8-11)16(20)14-9-15(19)12-3-1-2-4-13(12)17(14)21/h1-9,16,18,20H/t16-/m0/s1. The molecule has 2 aromatic rings. The van der Waals surface area contributed by atoms with E-state index >= 15 is 0 Å². The van der Waals surface area contributed by atoms with Crippen LogP contribution in [0.15, 0.2) is 60.2 Å². The van der Waals surface area contributed by atoms with Crippen molar-refractivity contribution in [2.45, 2.75) is 6.10 Å². The number of Topliss-reactive ketones (excluding diaryl/α,β-unsaturated/α-hetero) is 1. The summed E-state index contributed by atoms with van der Waals surface area (Å²) in [6, 6.07) is 12.4. The van der Waals surface area contributed by atoms with Gasteiger partial charge in [0.1, 0.15) is 11.9 Å². The number of fused-ring (bicyclic) bond motifs is 1. The second-order valence-corrected chi connectivity index (χ2v) is 4.83. The van der Waals surface area contributed by atoms with E-state index in [4.69, 9.17) is 0 Å². The van der Waals surface area contributed by atoms with E-state index in [1.165, 1.54) is 30.3 Å². The van der Waals surface area contributed by atoms with Gasteiger partial charge in [0.15, 0.2) is 11.6 Å². The lowest BCUT2D eigenvalue weighted by molar-refractivity contribution is 0.0947. The molecule has 4 nitrogen and oxygen atoms in total. The summed E-state index contributed by atoms with van der Waals surface area (Å²) in [6.45, 7) is 0. The summed E-state index contributed by atoms with van der Waals surface area (Å²) in [5, 5.41) is 19.6. The second-order valence-electron chi connectivity index (χ2n) is 4.83. The molecule has 4 heteroatoms. The van der Waals surface area contributed by atoms with Gasteiger partial charge in [-0.25, -0.2) is 0 Å². The van der Waals surface area contributed by atoms with Crippen LogP contribution in [-0.4, -0.2) is 21.8 Å². The van der Waals surface area contributed by atoms with Crippen LogP contribution in [0, 0.1) is 0 Å². The van der Waals surface area contributed by atoms with Crippen LogP contribution in [0.25, 0.3) is 0 Å². The molecular weight excluding hydrogens is 268 g/mol. The summed E-state index contributed by atoms with van der Waals surface area (Å²) >= 11 is 0. The van der Waals surface area contributed by atoms with Crippen LogP contribution in [0.3, 0.4) is 0 Å². The monoisotopic (exact) mass is 280 g/mol. The predicted octanol–water partition coefficient (Wildman–Crippen LogP) is 2.43. The molecule has 0 amide bonds. The fourth-order valence-electron chi connectivity index (χ4n) is 2.38. The van der Waals surface area contributed by atoms with Crippen molar-refractivity contribution in [3.05, 3.63) is 76.9 Å². The lowest BCUT2D eigenvalue weighted by Gasteiger charge is -2.19. The van der Waals surface area contributed by atoms with E-state index in [2.05, 4.69) is 0 Å². The summed E-state index contributed by atoms with van der Waals surface area (Å²) in [6.07, 6.45) is -0.0160. The molecule has 0 aromatic heterocycles. The van der Waals surface area contributed by atoms with Gasteiger partial charge in [-0.2, -0.15) is 0 Å². The van der Waals surface area contributed by atoms with Gasteiger partial charge in [0, 0.05) is 16.7 Å². The molecule has 0 heterocycles. The molecular formula is C17H12O4. The summed E-state index contributed by atoms with van der Waals surface area (Å²) in [5.74, 6) is -0.583. The molecule has 3 rings (SSSR count). The zero-order chi connectivity index (χ0) is 15.0. The molecule has 0 unspecified atom stereocenters. The number of carbonyl (C=O) groups is 2. The first-order chi connectivity index (χ1) is 10.1. The average Bonchev–Trinajstić information content (AvgIpc) is 2.51. The van der Waals surface area contributed by atoms with E-state index in [1.807, 2.05) is 0 Å². The van der Waals surface area contributed by atoms with Gasteiger partial charge < -0.3 is 10.2 Å². The SMILES string of the molecule is O=C1C=C([C@@H](O)c2ccc(O)cc2)C(=O)c2ccccc21. The molecule has 1 aliphatic rings. The fraction of sp³-hybridized carbons (Fsp3) is 0.0588. The van der Waals surface area contributed by atoms with Gasteiger partial charge >= 0.3 is 0 Å². The highest BCUT2D eigenvalue weighted by molar-refractivity contribution is 6.24. The van der Waals surface area contributed by atoms with Crippen molar-refractivity contribution in [3.63, 3.8) is 0 Å². The van der Waals surface area contributed by atoms with Gasteiger partial charge in [-0.05, 0) is 23.8 Å². The van der Waals surface area contributed by atoms with Gasteiger partial charge in [-0.15, -0.1) is 0 Å². The number of allylic oxidation sites excluding steroid dienone is 1. The topological polar surface area (TPSA) is 74.6 Å². The Balaban J connectivity index is 2.02. The largest absolute Gasteiger partial charge is 0.508 e. The Bertz CT molecular complexity index is 757. The van der Waals surface area contributed by atoms with Crippen molar-refractivity contribution >= 4 is 11.6 Å². The van der Waals surface area contributed by atoms with E-state index in [0.717, 1.165) is 0 Å². The van der Waals surface area contributed by atoms with E-state index in [0.29, 0.717) is 16.7 Å². The molecule has 2 aromatic carbocycles. The summed E-state index contributed by atoms with van der Waals surface area (Å²) in [4.78, 5) is 24.5. The molecule has 1 aliphatic carbocycles. The number of hydrogen-bond acceptors (Lipinski definition) is 4. The minimum atomic E-state index is -1.20. The molecule has 0 fully saturated rings. The lowest BCUT2D eigenvalue weighted by atomic mass is 9.85. The van der Waals surface area contributed by atoms with Gasteiger partial charge in [-0.3, -0.25) is 9.59 Å². The highest BCUT2D eigenvalue weighted by Crippen LogP contribution is 2.30. The molecule has 0 saturated heterocycles. The van der Waals surface area contributed by atoms with E-state index in [9.17, 15) is 19.8 Å². The molecule has 104 valence electrons. The highest BCUT2D eigenvalue weighted by Gasteiger charge is 2.29. The maximum Gasteiger partial charge on any atom is 0.192 e. The molecule has 21 heavy (non-hydrogen) atoms. The fourth-order valence-corrected chi connectivity index (χ4v) is 2.38. The third-order valence-corrected chi connectivity index (χ3v) is 3.49. The summed E-state index contributed by atoms with van der Waals surface area (Å²) < 4.78 is 0. The highest BCUT2D eigenvalue weighted by atomic mass is 16.3. The molecule has 0 bridgehead atoms. The molecule has 0 aliphatic heterocycles. The maximum absolute atomic E-state index is 12.4. The molecule has 0 spiro atoms. The third kappa shape index (κ3) is 2.26. The van der Waals surface area contributed by atoms with Crippen molar-refractivity contribution in [3.8, 4) is 5.75 Å². The number of phenolic OH excluding ortho intramolecular Hbond substituents is 1. The smallest absolute Gasteiger partial charge is 0.192 e. The van der Waals surface area contributed by atoms with Crippen LogP contribution in [0.4, 0.5) is 0 Å². The van der Waals surface area contributed by atoms with Crippen molar-refractivity contribution in [2.24, 2.45) is 0 Å². The number of aliphatic hydroxyl groups excluding tert-OH is 1. The van der Waals surface area contributed by atoms with Crippen LogP contribution in [-0.2, 0) is 0 Å². The number of carbonyl (C=O) groups excluding carboxylic acids is 2. The van der Waals surface area contributed by atoms with Crippen LogP contribution in [0.1, 0.15) is 32.4 Å². The Labute approximate surface area is 121 Å². The minimum Gasteiger partial charge on any atom is -0.508 e. The first-order valence-electron chi connectivity index (χ1n) is 6.44. The number of benzene rings is 2. The van der Waals surface area contributed by atoms with Crippen molar-refractivity contribution in [1.29, 1.82) is 0 Å². The number of rotatable bonds is 2. The Hall–Kier alpha value is -2.72. The quantitative estimate of drug-likeness (QED) is 0.886. The van der Waals surface area contributed by atoms with Crippen molar-refractivity contribution in [1.82, 2.24) is 0 Å². The Morgan fingerprint density at radius 1 is 0.857 bits per heavy atom. The van der Waals surface area contributed by atoms with Gasteiger partial charge in [-0.1, -0.05) is 36.4 Å². The maximum atomic E-state index is 12.4. The Morgan fingerprint density at radius 3 is 2.14 bits per heavy atom.